The molecule has 5 nitrogen and oxygen atoms in total. The van der Waals surface area contributed by atoms with Gasteiger partial charge in [0.25, 0.3) is 0 Å². The molecule has 0 atom stereocenters. The number of halogens is 1. The lowest BCUT2D eigenvalue weighted by Crippen LogP contribution is -2.06. The Bertz CT molecular complexity index is 659. The first-order valence-corrected chi connectivity index (χ1v) is 8.86. The summed E-state index contributed by atoms with van der Waals surface area (Å²) in [5.74, 6) is 0.0297. The van der Waals surface area contributed by atoms with Crippen molar-refractivity contribution in [2.45, 2.75) is 41.5 Å². The summed E-state index contributed by atoms with van der Waals surface area (Å²) in [5, 5.41) is 5.02. The number of nitrogens with one attached hydrogen (secondary N) is 2. The van der Waals surface area contributed by atoms with Gasteiger partial charge in [0.1, 0.15) is 11.6 Å². The fourth-order valence-electron chi connectivity index (χ4n) is 1.63. The van der Waals surface area contributed by atoms with Gasteiger partial charge < -0.3 is 15.4 Å². The minimum Gasteiger partial charge on any atom is -0.497 e. The highest BCUT2D eigenvalue weighted by Gasteiger charge is 1.99. The maximum absolute atomic E-state index is 12.7. The van der Waals surface area contributed by atoms with Crippen molar-refractivity contribution >= 4 is 23.2 Å². The van der Waals surface area contributed by atoms with Crippen LogP contribution in [0.4, 0.5) is 15.8 Å². The third-order valence-electron chi connectivity index (χ3n) is 2.59. The average Bonchev–Trinajstić information content (AvgIpc) is 2.67. The molecule has 2 amide bonds. The number of carbonyl (C=O) groups excluding carboxylic acids is 2. The predicted molar refractivity (Wildman–Crippen MR) is 111 cm³/mol. The Morgan fingerprint density at radius 2 is 1.30 bits per heavy atom. The minimum absolute atomic E-state index is 0.0693. The summed E-state index contributed by atoms with van der Waals surface area (Å²) < 4.78 is 17.7. The molecule has 2 aromatic rings. The van der Waals surface area contributed by atoms with Crippen LogP contribution in [0.25, 0.3) is 0 Å². The van der Waals surface area contributed by atoms with Gasteiger partial charge in [-0.25, -0.2) is 4.39 Å². The van der Waals surface area contributed by atoms with Gasteiger partial charge in [0.05, 0.1) is 12.8 Å². The first-order chi connectivity index (χ1) is 12.9. The highest BCUT2D eigenvalue weighted by Crippen LogP contribution is 2.14. The van der Waals surface area contributed by atoms with Gasteiger partial charge >= 0.3 is 0 Å². The Hall–Kier alpha value is -2.89. The van der Waals surface area contributed by atoms with E-state index in [1.165, 1.54) is 26.0 Å². The summed E-state index contributed by atoms with van der Waals surface area (Å²) in [6.07, 6.45) is 0. The molecule has 0 saturated heterocycles. The molecule has 0 aromatic heterocycles. The second-order valence-corrected chi connectivity index (χ2v) is 4.57. The van der Waals surface area contributed by atoms with Crippen molar-refractivity contribution in [3.8, 4) is 5.75 Å². The fourth-order valence-corrected chi connectivity index (χ4v) is 1.63. The number of methoxy groups -OCH3 is 1. The number of benzene rings is 2. The van der Waals surface area contributed by atoms with E-state index in [9.17, 15) is 14.0 Å². The molecule has 0 saturated carbocycles. The van der Waals surface area contributed by atoms with Gasteiger partial charge in [-0.05, 0) is 36.4 Å². The summed E-state index contributed by atoms with van der Waals surface area (Å²) in [5.41, 5.74) is 1.00. The van der Waals surface area contributed by atoms with Crippen LogP contribution >= 0.6 is 0 Å². The van der Waals surface area contributed by atoms with Gasteiger partial charge in [0, 0.05) is 19.5 Å². The van der Waals surface area contributed by atoms with Gasteiger partial charge in [0.15, 0.2) is 0 Å². The van der Waals surface area contributed by atoms with Crippen LogP contribution in [0.15, 0.2) is 48.5 Å². The Balaban J connectivity index is 0. The first kappa shape index (κ1) is 26.3. The molecule has 0 heterocycles. The second-order valence-electron chi connectivity index (χ2n) is 4.57. The zero-order valence-electron chi connectivity index (χ0n) is 17.2. The number of anilines is 2. The quantitative estimate of drug-likeness (QED) is 0.742. The normalized spacial score (nSPS) is 8.30. The van der Waals surface area contributed by atoms with Crippen molar-refractivity contribution in [1.82, 2.24) is 0 Å². The summed E-state index contributed by atoms with van der Waals surface area (Å²) in [6.45, 7) is 10.8. The van der Waals surface area contributed by atoms with Crippen LogP contribution in [0.1, 0.15) is 41.5 Å². The molecule has 0 aliphatic rings. The summed E-state index contributed by atoms with van der Waals surface area (Å²) in [4.78, 5) is 21.1. The number of carbonyl (C=O) groups is 2. The van der Waals surface area contributed by atoms with Gasteiger partial charge in [-0.3, -0.25) is 9.59 Å². The van der Waals surface area contributed by atoms with E-state index in [0.29, 0.717) is 0 Å². The molecule has 0 radical (unpaired) electrons. The van der Waals surface area contributed by atoms with Gasteiger partial charge in [-0.1, -0.05) is 39.8 Å². The SMILES string of the molecule is CC.CC.CC(=O)Nc1ccccc1F.COc1ccc(NC(C)=O)cc1. The lowest BCUT2D eigenvalue weighted by molar-refractivity contribution is -0.115. The lowest BCUT2D eigenvalue weighted by Gasteiger charge is -2.02. The topological polar surface area (TPSA) is 67.4 Å². The zero-order chi connectivity index (χ0) is 21.2. The highest BCUT2D eigenvalue weighted by atomic mass is 19.1. The molecule has 0 fully saturated rings. The van der Waals surface area contributed by atoms with Gasteiger partial charge in [-0.2, -0.15) is 0 Å². The molecule has 6 heteroatoms. The van der Waals surface area contributed by atoms with E-state index in [4.69, 9.17) is 4.74 Å². The van der Waals surface area contributed by atoms with Crippen LogP contribution < -0.4 is 15.4 Å². The number of amides is 2. The number of hydrogen-bond donors (Lipinski definition) is 2. The van der Waals surface area contributed by atoms with Crippen LogP contribution in [0.5, 0.6) is 5.75 Å². The lowest BCUT2D eigenvalue weighted by atomic mass is 10.3. The molecule has 0 aliphatic heterocycles. The van der Waals surface area contributed by atoms with E-state index in [1.54, 1.807) is 43.5 Å². The van der Waals surface area contributed by atoms with Gasteiger partial charge in [0.2, 0.25) is 11.8 Å². The molecular formula is C21H31FN2O3. The number of para-hydroxylation sites is 1. The van der Waals surface area contributed by atoms with Crippen LogP contribution in [-0.4, -0.2) is 18.9 Å². The van der Waals surface area contributed by atoms with Crippen LogP contribution in [0.3, 0.4) is 0 Å². The van der Waals surface area contributed by atoms with Crippen molar-refractivity contribution in [1.29, 1.82) is 0 Å². The smallest absolute Gasteiger partial charge is 0.221 e. The first-order valence-electron chi connectivity index (χ1n) is 8.86. The molecular weight excluding hydrogens is 347 g/mol. The van der Waals surface area contributed by atoms with Crippen molar-refractivity contribution in [2.75, 3.05) is 17.7 Å². The Labute approximate surface area is 161 Å². The maximum atomic E-state index is 12.7. The molecule has 27 heavy (non-hydrogen) atoms. The zero-order valence-corrected chi connectivity index (χ0v) is 17.2. The molecule has 0 aliphatic carbocycles. The van der Waals surface area contributed by atoms with E-state index in [1.807, 2.05) is 27.7 Å². The van der Waals surface area contributed by atoms with Crippen LogP contribution in [-0.2, 0) is 9.59 Å². The third kappa shape index (κ3) is 13.0. The van der Waals surface area contributed by atoms with Crippen molar-refractivity contribution in [3.63, 3.8) is 0 Å². The largest absolute Gasteiger partial charge is 0.497 e. The molecule has 2 rings (SSSR count). The monoisotopic (exact) mass is 378 g/mol. The second kappa shape index (κ2) is 16.6. The minimum atomic E-state index is -0.414. The fraction of sp³-hybridized carbons (Fsp3) is 0.333. The van der Waals surface area contributed by atoms with Crippen LogP contribution in [0.2, 0.25) is 0 Å². The van der Waals surface area contributed by atoms with E-state index < -0.39 is 5.82 Å². The van der Waals surface area contributed by atoms with E-state index >= 15 is 0 Å². The van der Waals surface area contributed by atoms with Crippen molar-refractivity contribution in [2.24, 2.45) is 0 Å². The summed E-state index contributed by atoms with van der Waals surface area (Å²) in [7, 11) is 1.60. The summed E-state index contributed by atoms with van der Waals surface area (Å²) >= 11 is 0. The molecule has 0 unspecified atom stereocenters. The molecule has 0 bridgehead atoms. The van der Waals surface area contributed by atoms with Crippen molar-refractivity contribution < 1.29 is 18.7 Å². The van der Waals surface area contributed by atoms with E-state index in [0.717, 1.165) is 11.4 Å². The number of ether oxygens (including phenoxy) is 1. The Kier molecular flexibility index (Phi) is 16.2. The van der Waals surface area contributed by atoms with Gasteiger partial charge in [-0.15, -0.1) is 0 Å². The Morgan fingerprint density at radius 1 is 0.815 bits per heavy atom. The maximum Gasteiger partial charge on any atom is 0.221 e. The number of hydrogen-bond acceptors (Lipinski definition) is 3. The van der Waals surface area contributed by atoms with E-state index in [-0.39, 0.29) is 17.5 Å². The molecule has 0 spiro atoms. The standard InChI is InChI=1S/C9H11NO2.C8H8FNO.2C2H6/c1-7(11)10-8-3-5-9(12-2)6-4-8;1-6(11)10-8-5-3-2-4-7(8)9;2*1-2/h3-6H,1-2H3,(H,10,11);2-5H,1H3,(H,10,11);2*1-2H3. The number of rotatable bonds is 3. The Morgan fingerprint density at radius 3 is 1.70 bits per heavy atom. The van der Waals surface area contributed by atoms with Crippen LogP contribution in [0, 0.1) is 5.82 Å². The predicted octanol–water partition coefficient (Wildman–Crippen LogP) is 5.49. The highest BCUT2D eigenvalue weighted by molar-refractivity contribution is 5.89. The molecule has 2 aromatic carbocycles. The molecule has 150 valence electrons. The van der Waals surface area contributed by atoms with E-state index in [2.05, 4.69) is 10.6 Å². The molecule has 2 N–H and O–H groups in total. The third-order valence-corrected chi connectivity index (χ3v) is 2.59. The average molecular weight is 378 g/mol. The van der Waals surface area contributed by atoms with Crippen molar-refractivity contribution in [3.05, 3.63) is 54.3 Å². The summed E-state index contributed by atoms with van der Waals surface area (Å²) in [6, 6.07) is 13.2.